The molecule has 1 aliphatic rings. The van der Waals surface area contributed by atoms with Gasteiger partial charge in [0.2, 0.25) is 0 Å². The maximum atomic E-state index is 5.94. The fourth-order valence-corrected chi connectivity index (χ4v) is 2.51. The van der Waals surface area contributed by atoms with Gasteiger partial charge >= 0.3 is 0 Å². The molecule has 0 saturated carbocycles. The van der Waals surface area contributed by atoms with Gasteiger partial charge in [0.1, 0.15) is 5.76 Å². The zero-order chi connectivity index (χ0) is 12.4. The standard InChI is InChI=1S/C14H15ClN2O/c15-11-3-5-12(6-4-11)17-8-7-16-10-13(17)14-2-1-9-18-14/h1-6,9,13,16H,7-8,10H2. The molecule has 1 saturated heterocycles. The molecule has 0 spiro atoms. The van der Waals surface area contributed by atoms with E-state index in [1.807, 2.05) is 24.3 Å². The number of hydrogen-bond acceptors (Lipinski definition) is 3. The first kappa shape index (κ1) is 11.6. The van der Waals surface area contributed by atoms with E-state index in [2.05, 4.69) is 22.3 Å². The van der Waals surface area contributed by atoms with E-state index in [1.54, 1.807) is 6.26 Å². The van der Waals surface area contributed by atoms with E-state index in [0.717, 1.165) is 30.4 Å². The largest absolute Gasteiger partial charge is 0.467 e. The van der Waals surface area contributed by atoms with E-state index >= 15 is 0 Å². The van der Waals surface area contributed by atoms with Crippen LogP contribution in [0.15, 0.2) is 47.1 Å². The van der Waals surface area contributed by atoms with Crippen LogP contribution in [0.5, 0.6) is 0 Å². The molecule has 1 N–H and O–H groups in total. The molecule has 0 radical (unpaired) electrons. The smallest absolute Gasteiger partial charge is 0.127 e. The van der Waals surface area contributed by atoms with Crippen molar-refractivity contribution >= 4 is 17.3 Å². The lowest BCUT2D eigenvalue weighted by molar-refractivity contribution is 0.404. The molecule has 1 atom stereocenters. The van der Waals surface area contributed by atoms with Gasteiger partial charge in [-0.05, 0) is 36.4 Å². The third-order valence-electron chi connectivity index (χ3n) is 3.27. The molecular formula is C14H15ClN2O. The summed E-state index contributed by atoms with van der Waals surface area (Å²) in [4.78, 5) is 2.35. The summed E-state index contributed by atoms with van der Waals surface area (Å²) in [6.45, 7) is 2.85. The summed E-state index contributed by atoms with van der Waals surface area (Å²) in [6.07, 6.45) is 1.73. The molecule has 0 bridgehead atoms. The molecule has 1 unspecified atom stereocenters. The monoisotopic (exact) mass is 262 g/mol. The predicted molar refractivity (Wildman–Crippen MR) is 73.1 cm³/mol. The highest BCUT2D eigenvalue weighted by Gasteiger charge is 2.25. The fraction of sp³-hybridized carbons (Fsp3) is 0.286. The van der Waals surface area contributed by atoms with Gasteiger partial charge in [-0.3, -0.25) is 0 Å². The van der Waals surface area contributed by atoms with E-state index in [-0.39, 0.29) is 6.04 Å². The number of halogens is 1. The van der Waals surface area contributed by atoms with Gasteiger partial charge in [-0.15, -0.1) is 0 Å². The van der Waals surface area contributed by atoms with E-state index in [9.17, 15) is 0 Å². The third kappa shape index (κ3) is 2.24. The number of anilines is 1. The van der Waals surface area contributed by atoms with Gasteiger partial charge in [-0.2, -0.15) is 0 Å². The van der Waals surface area contributed by atoms with Crippen LogP contribution in [0.2, 0.25) is 5.02 Å². The molecule has 2 heterocycles. The lowest BCUT2D eigenvalue weighted by Gasteiger charge is -2.36. The van der Waals surface area contributed by atoms with Crippen molar-refractivity contribution in [1.82, 2.24) is 5.32 Å². The lowest BCUT2D eigenvalue weighted by atomic mass is 10.1. The van der Waals surface area contributed by atoms with Crippen molar-refractivity contribution in [3.8, 4) is 0 Å². The van der Waals surface area contributed by atoms with Crippen molar-refractivity contribution < 1.29 is 4.42 Å². The van der Waals surface area contributed by atoms with Crippen LogP contribution in [0.25, 0.3) is 0 Å². The number of furan rings is 1. The van der Waals surface area contributed by atoms with Crippen LogP contribution in [0.1, 0.15) is 11.8 Å². The second-order valence-corrected chi connectivity index (χ2v) is 4.84. The van der Waals surface area contributed by atoms with E-state index in [0.29, 0.717) is 0 Å². The Hall–Kier alpha value is -1.45. The van der Waals surface area contributed by atoms with Crippen LogP contribution in [0.3, 0.4) is 0 Å². The van der Waals surface area contributed by atoms with Crippen molar-refractivity contribution in [3.63, 3.8) is 0 Å². The van der Waals surface area contributed by atoms with Crippen molar-refractivity contribution in [2.75, 3.05) is 24.5 Å². The van der Waals surface area contributed by atoms with Gasteiger partial charge in [-0.1, -0.05) is 11.6 Å². The third-order valence-corrected chi connectivity index (χ3v) is 3.53. The molecular weight excluding hydrogens is 248 g/mol. The summed E-state index contributed by atoms with van der Waals surface area (Å²) in [7, 11) is 0. The predicted octanol–water partition coefficient (Wildman–Crippen LogP) is 3.08. The quantitative estimate of drug-likeness (QED) is 0.902. The van der Waals surface area contributed by atoms with Crippen LogP contribution in [-0.4, -0.2) is 19.6 Å². The minimum atomic E-state index is 0.245. The number of benzene rings is 1. The Kier molecular flexibility index (Phi) is 3.26. The molecule has 1 aliphatic heterocycles. The molecule has 18 heavy (non-hydrogen) atoms. The van der Waals surface area contributed by atoms with Gasteiger partial charge < -0.3 is 14.6 Å². The number of nitrogens with one attached hydrogen (secondary N) is 1. The average molecular weight is 263 g/mol. The molecule has 4 heteroatoms. The van der Waals surface area contributed by atoms with E-state index < -0.39 is 0 Å². The number of nitrogens with zero attached hydrogens (tertiary/aromatic N) is 1. The molecule has 2 aromatic rings. The van der Waals surface area contributed by atoms with Crippen molar-refractivity contribution in [2.24, 2.45) is 0 Å². The van der Waals surface area contributed by atoms with Crippen molar-refractivity contribution in [1.29, 1.82) is 0 Å². The Bertz CT molecular complexity index is 495. The van der Waals surface area contributed by atoms with Gasteiger partial charge in [-0.25, -0.2) is 0 Å². The van der Waals surface area contributed by atoms with Gasteiger partial charge in [0.05, 0.1) is 12.3 Å². The summed E-state index contributed by atoms with van der Waals surface area (Å²) in [6, 6.07) is 12.2. The van der Waals surface area contributed by atoms with E-state index in [1.165, 1.54) is 5.69 Å². The van der Waals surface area contributed by atoms with Crippen LogP contribution in [0, 0.1) is 0 Å². The summed E-state index contributed by atoms with van der Waals surface area (Å²) in [5, 5.41) is 4.17. The Morgan fingerprint density at radius 1 is 1.22 bits per heavy atom. The van der Waals surface area contributed by atoms with Crippen LogP contribution < -0.4 is 10.2 Å². The van der Waals surface area contributed by atoms with Crippen LogP contribution >= 0.6 is 11.6 Å². The Labute approximate surface area is 111 Å². The topological polar surface area (TPSA) is 28.4 Å². The second kappa shape index (κ2) is 5.04. The van der Waals surface area contributed by atoms with Crippen LogP contribution in [0.4, 0.5) is 5.69 Å². The van der Waals surface area contributed by atoms with Crippen molar-refractivity contribution in [3.05, 3.63) is 53.4 Å². The summed E-state index contributed by atoms with van der Waals surface area (Å²) in [5.41, 5.74) is 1.18. The zero-order valence-corrected chi connectivity index (χ0v) is 10.7. The Morgan fingerprint density at radius 3 is 2.78 bits per heavy atom. The Balaban J connectivity index is 1.90. The highest BCUT2D eigenvalue weighted by Crippen LogP contribution is 2.29. The summed E-state index contributed by atoms with van der Waals surface area (Å²) < 4.78 is 5.54. The van der Waals surface area contributed by atoms with Crippen molar-refractivity contribution in [2.45, 2.75) is 6.04 Å². The molecule has 3 nitrogen and oxygen atoms in total. The second-order valence-electron chi connectivity index (χ2n) is 4.41. The van der Waals surface area contributed by atoms with Crippen LogP contribution in [-0.2, 0) is 0 Å². The molecule has 0 aliphatic carbocycles. The highest BCUT2D eigenvalue weighted by atomic mass is 35.5. The van der Waals surface area contributed by atoms with E-state index in [4.69, 9.17) is 16.0 Å². The zero-order valence-electron chi connectivity index (χ0n) is 9.97. The molecule has 94 valence electrons. The fourth-order valence-electron chi connectivity index (χ4n) is 2.38. The number of rotatable bonds is 2. The maximum Gasteiger partial charge on any atom is 0.127 e. The summed E-state index contributed by atoms with van der Waals surface area (Å²) in [5.74, 6) is 0.997. The minimum absolute atomic E-state index is 0.245. The number of piperazine rings is 1. The molecule has 3 rings (SSSR count). The molecule has 0 amide bonds. The average Bonchev–Trinajstić information content (AvgIpc) is 2.93. The normalized spacial score (nSPS) is 20.1. The summed E-state index contributed by atoms with van der Waals surface area (Å²) >= 11 is 5.94. The molecule has 1 fully saturated rings. The maximum absolute atomic E-state index is 5.94. The van der Waals surface area contributed by atoms with Gasteiger partial charge in [0.15, 0.2) is 0 Å². The Morgan fingerprint density at radius 2 is 2.06 bits per heavy atom. The first-order valence-corrected chi connectivity index (χ1v) is 6.49. The molecule has 1 aromatic carbocycles. The SMILES string of the molecule is Clc1ccc(N2CCNCC2c2ccco2)cc1. The van der Waals surface area contributed by atoms with Gasteiger partial charge in [0, 0.05) is 30.3 Å². The minimum Gasteiger partial charge on any atom is -0.467 e. The van der Waals surface area contributed by atoms with Gasteiger partial charge in [0.25, 0.3) is 0 Å². The first-order chi connectivity index (χ1) is 8.84. The first-order valence-electron chi connectivity index (χ1n) is 6.11. The molecule has 1 aromatic heterocycles. The highest BCUT2D eigenvalue weighted by molar-refractivity contribution is 6.30. The number of hydrogen-bond donors (Lipinski definition) is 1. The lowest BCUT2D eigenvalue weighted by Crippen LogP contribution is -2.46.